The van der Waals surface area contributed by atoms with E-state index in [1.165, 1.54) is 12.0 Å². The topological polar surface area (TPSA) is 64.3 Å². The second kappa shape index (κ2) is 5.19. The van der Waals surface area contributed by atoms with Gasteiger partial charge in [0.25, 0.3) is 0 Å². The van der Waals surface area contributed by atoms with Crippen LogP contribution in [0.5, 0.6) is 0 Å². The zero-order chi connectivity index (χ0) is 14.2. The zero-order valence-electron chi connectivity index (χ0n) is 11.9. The van der Waals surface area contributed by atoms with Crippen LogP contribution in [-0.2, 0) is 16.0 Å². The molecule has 1 unspecified atom stereocenters. The minimum atomic E-state index is -0.0104. The number of aryl methyl sites for hydroxylation is 1. The normalized spacial score (nSPS) is 21.6. The summed E-state index contributed by atoms with van der Waals surface area (Å²) in [6.45, 7) is 0. The molecule has 4 heteroatoms. The van der Waals surface area contributed by atoms with Crippen molar-refractivity contribution in [1.29, 1.82) is 0 Å². The van der Waals surface area contributed by atoms with Crippen LogP contribution in [0.15, 0.2) is 18.2 Å². The van der Waals surface area contributed by atoms with Gasteiger partial charge in [-0.05, 0) is 49.3 Å². The SMILES string of the molecule is COC1(CC(N)c2ccc3c(c2)CCC(=O)N3)CCC1. The van der Waals surface area contributed by atoms with Gasteiger partial charge in [-0.3, -0.25) is 4.79 Å². The Hall–Kier alpha value is -1.39. The molecule has 20 heavy (non-hydrogen) atoms. The molecule has 1 aliphatic carbocycles. The molecule has 1 saturated carbocycles. The van der Waals surface area contributed by atoms with Crippen LogP contribution in [-0.4, -0.2) is 18.6 Å². The first-order valence-corrected chi connectivity index (χ1v) is 7.35. The minimum absolute atomic E-state index is 0.00169. The Bertz CT molecular complexity index is 518. The average molecular weight is 274 g/mol. The van der Waals surface area contributed by atoms with E-state index in [2.05, 4.69) is 11.4 Å². The molecule has 1 aliphatic heterocycles. The highest BCUT2D eigenvalue weighted by Crippen LogP contribution is 2.41. The summed E-state index contributed by atoms with van der Waals surface area (Å²) in [6, 6.07) is 6.14. The fourth-order valence-corrected chi connectivity index (χ4v) is 3.22. The number of ether oxygens (including phenoxy) is 1. The maximum atomic E-state index is 11.4. The number of carbonyl (C=O) groups is 1. The fraction of sp³-hybridized carbons (Fsp3) is 0.562. The van der Waals surface area contributed by atoms with Crippen LogP contribution in [0, 0.1) is 0 Å². The summed E-state index contributed by atoms with van der Waals surface area (Å²) in [6.07, 6.45) is 5.69. The standard InChI is InChI=1S/C16H22N2O2/c1-20-16(7-2-8-16)10-13(17)11-3-5-14-12(9-11)4-6-15(19)18-14/h3,5,9,13H,2,4,6-8,10,17H2,1H3,(H,18,19). The van der Waals surface area contributed by atoms with Crippen molar-refractivity contribution in [2.45, 2.75) is 50.2 Å². The second-order valence-corrected chi connectivity index (χ2v) is 6.02. The first kappa shape index (κ1) is 13.6. The number of hydrogen-bond acceptors (Lipinski definition) is 3. The van der Waals surface area contributed by atoms with Crippen LogP contribution in [0.1, 0.15) is 49.3 Å². The molecule has 3 rings (SSSR count). The lowest BCUT2D eigenvalue weighted by Crippen LogP contribution is -2.41. The van der Waals surface area contributed by atoms with Crippen molar-refractivity contribution in [3.8, 4) is 0 Å². The number of carbonyl (C=O) groups excluding carboxylic acids is 1. The van der Waals surface area contributed by atoms with Crippen molar-refractivity contribution in [3.63, 3.8) is 0 Å². The minimum Gasteiger partial charge on any atom is -0.378 e. The van der Waals surface area contributed by atoms with Gasteiger partial charge in [0.1, 0.15) is 0 Å². The lowest BCUT2D eigenvalue weighted by Gasteiger charge is -2.42. The van der Waals surface area contributed by atoms with Crippen molar-refractivity contribution < 1.29 is 9.53 Å². The molecule has 2 aliphatic rings. The van der Waals surface area contributed by atoms with Crippen molar-refractivity contribution >= 4 is 11.6 Å². The summed E-state index contributed by atoms with van der Waals surface area (Å²) >= 11 is 0. The quantitative estimate of drug-likeness (QED) is 0.886. The predicted octanol–water partition coefficient (Wildman–Crippen LogP) is 2.53. The number of nitrogens with two attached hydrogens (primary N) is 1. The van der Waals surface area contributed by atoms with Gasteiger partial charge in [0.05, 0.1) is 5.60 Å². The molecule has 1 atom stereocenters. The molecular formula is C16H22N2O2. The zero-order valence-corrected chi connectivity index (χ0v) is 11.9. The van der Waals surface area contributed by atoms with Gasteiger partial charge < -0.3 is 15.8 Å². The van der Waals surface area contributed by atoms with Crippen LogP contribution >= 0.6 is 0 Å². The number of hydrogen-bond donors (Lipinski definition) is 2. The summed E-state index contributed by atoms with van der Waals surface area (Å²) in [5, 5.41) is 2.90. The Morgan fingerprint density at radius 2 is 2.20 bits per heavy atom. The van der Waals surface area contributed by atoms with Gasteiger partial charge in [-0.15, -0.1) is 0 Å². The third kappa shape index (κ3) is 2.45. The molecule has 3 N–H and O–H groups in total. The van der Waals surface area contributed by atoms with Gasteiger partial charge in [-0.25, -0.2) is 0 Å². The van der Waals surface area contributed by atoms with E-state index in [1.54, 1.807) is 7.11 Å². The Labute approximate surface area is 119 Å². The summed E-state index contributed by atoms with van der Waals surface area (Å²) in [4.78, 5) is 11.4. The van der Waals surface area contributed by atoms with Gasteiger partial charge in [-0.2, -0.15) is 0 Å². The van der Waals surface area contributed by atoms with Gasteiger partial charge in [-0.1, -0.05) is 12.1 Å². The maximum absolute atomic E-state index is 11.4. The molecular weight excluding hydrogens is 252 g/mol. The molecule has 108 valence electrons. The van der Waals surface area contributed by atoms with Crippen molar-refractivity contribution in [2.24, 2.45) is 5.73 Å². The molecule has 1 heterocycles. The third-order valence-corrected chi connectivity index (χ3v) is 4.74. The first-order chi connectivity index (χ1) is 9.62. The largest absolute Gasteiger partial charge is 0.378 e. The third-order valence-electron chi connectivity index (χ3n) is 4.74. The average Bonchev–Trinajstić information content (AvgIpc) is 2.42. The number of nitrogens with one attached hydrogen (secondary N) is 1. The van der Waals surface area contributed by atoms with E-state index in [0.29, 0.717) is 6.42 Å². The number of methoxy groups -OCH3 is 1. The van der Waals surface area contributed by atoms with E-state index in [9.17, 15) is 4.79 Å². The molecule has 1 aromatic carbocycles. The lowest BCUT2D eigenvalue weighted by molar-refractivity contribution is -0.116. The Kier molecular flexibility index (Phi) is 3.52. The number of fused-ring (bicyclic) bond motifs is 1. The molecule has 0 radical (unpaired) electrons. The Balaban J connectivity index is 1.75. The molecule has 1 fully saturated rings. The monoisotopic (exact) mass is 274 g/mol. The van der Waals surface area contributed by atoms with Gasteiger partial charge >= 0.3 is 0 Å². The van der Waals surface area contributed by atoms with Gasteiger partial charge in [0.15, 0.2) is 0 Å². The second-order valence-electron chi connectivity index (χ2n) is 6.02. The Morgan fingerprint density at radius 1 is 1.40 bits per heavy atom. The highest BCUT2D eigenvalue weighted by Gasteiger charge is 2.38. The summed E-state index contributed by atoms with van der Waals surface area (Å²) in [5.41, 5.74) is 9.62. The summed E-state index contributed by atoms with van der Waals surface area (Å²) in [5.74, 6) is 0.0994. The highest BCUT2D eigenvalue weighted by atomic mass is 16.5. The molecule has 0 bridgehead atoms. The molecule has 4 nitrogen and oxygen atoms in total. The van der Waals surface area contributed by atoms with Crippen LogP contribution in [0.4, 0.5) is 5.69 Å². The maximum Gasteiger partial charge on any atom is 0.224 e. The van der Waals surface area contributed by atoms with E-state index < -0.39 is 0 Å². The number of benzene rings is 1. The van der Waals surface area contributed by atoms with Gasteiger partial charge in [0.2, 0.25) is 5.91 Å². The first-order valence-electron chi connectivity index (χ1n) is 7.35. The van der Waals surface area contributed by atoms with E-state index >= 15 is 0 Å². The number of rotatable bonds is 4. The van der Waals surface area contributed by atoms with Crippen molar-refractivity contribution in [1.82, 2.24) is 0 Å². The van der Waals surface area contributed by atoms with Gasteiger partial charge in [0, 0.05) is 25.3 Å². The van der Waals surface area contributed by atoms with Crippen LogP contribution in [0.2, 0.25) is 0 Å². The lowest BCUT2D eigenvalue weighted by atomic mass is 9.74. The fourth-order valence-electron chi connectivity index (χ4n) is 3.22. The molecule has 1 amide bonds. The summed E-state index contributed by atoms with van der Waals surface area (Å²) < 4.78 is 5.66. The summed E-state index contributed by atoms with van der Waals surface area (Å²) in [7, 11) is 1.79. The molecule has 0 aromatic heterocycles. The molecule has 0 saturated heterocycles. The van der Waals surface area contributed by atoms with Crippen LogP contribution in [0.3, 0.4) is 0 Å². The smallest absolute Gasteiger partial charge is 0.224 e. The van der Waals surface area contributed by atoms with E-state index in [0.717, 1.165) is 36.9 Å². The van der Waals surface area contributed by atoms with E-state index in [1.807, 2.05) is 12.1 Å². The van der Waals surface area contributed by atoms with Crippen LogP contribution in [0.25, 0.3) is 0 Å². The van der Waals surface area contributed by atoms with E-state index in [-0.39, 0.29) is 17.6 Å². The number of anilines is 1. The number of amides is 1. The van der Waals surface area contributed by atoms with Crippen molar-refractivity contribution in [2.75, 3.05) is 12.4 Å². The molecule has 1 aromatic rings. The van der Waals surface area contributed by atoms with Crippen molar-refractivity contribution in [3.05, 3.63) is 29.3 Å². The molecule has 0 spiro atoms. The highest BCUT2D eigenvalue weighted by molar-refractivity contribution is 5.93. The van der Waals surface area contributed by atoms with E-state index in [4.69, 9.17) is 10.5 Å². The van der Waals surface area contributed by atoms with Crippen LogP contribution < -0.4 is 11.1 Å². The Morgan fingerprint density at radius 3 is 2.85 bits per heavy atom. The predicted molar refractivity (Wildman–Crippen MR) is 78.5 cm³/mol.